The van der Waals surface area contributed by atoms with Crippen LogP contribution in [0.25, 0.3) is 0 Å². The molecule has 2 unspecified atom stereocenters. The van der Waals surface area contributed by atoms with Crippen molar-refractivity contribution in [2.45, 2.75) is 24.3 Å². The quantitative estimate of drug-likeness (QED) is 0.846. The van der Waals surface area contributed by atoms with Gasteiger partial charge in [0.25, 0.3) is 0 Å². The first-order valence-electron chi connectivity index (χ1n) is 5.97. The average Bonchev–Trinajstić information content (AvgIpc) is 2.26. The second-order valence-electron chi connectivity index (χ2n) is 4.66. The molecule has 2 atom stereocenters. The van der Waals surface area contributed by atoms with Gasteiger partial charge in [0.05, 0.1) is 5.56 Å². The molecule has 98 valence electrons. The van der Waals surface area contributed by atoms with Crippen LogP contribution in [0.4, 0.5) is 10.1 Å². The van der Waals surface area contributed by atoms with Gasteiger partial charge in [-0.15, -0.1) is 0 Å². The van der Waals surface area contributed by atoms with Crippen LogP contribution in [0.15, 0.2) is 18.2 Å². The summed E-state index contributed by atoms with van der Waals surface area (Å²) in [7, 11) is 0. The van der Waals surface area contributed by atoms with Crippen molar-refractivity contribution in [2.75, 3.05) is 18.0 Å². The largest absolute Gasteiger partial charge is 0.389 e. The highest BCUT2D eigenvalue weighted by Crippen LogP contribution is 2.31. The Labute approximate surface area is 117 Å². The molecular formula is C13H17FN2S2. The number of thiocarbonyl (C=S) groups is 1. The molecule has 5 heteroatoms. The fourth-order valence-electron chi connectivity index (χ4n) is 2.39. The second kappa shape index (κ2) is 5.45. The Morgan fingerprint density at radius 3 is 2.56 bits per heavy atom. The molecule has 18 heavy (non-hydrogen) atoms. The van der Waals surface area contributed by atoms with Gasteiger partial charge in [-0.3, -0.25) is 0 Å². The number of hydrogen-bond donors (Lipinski definition) is 1. The van der Waals surface area contributed by atoms with E-state index in [2.05, 4.69) is 18.7 Å². The normalized spacial score (nSPS) is 24.1. The average molecular weight is 284 g/mol. The maximum atomic E-state index is 13.9. The van der Waals surface area contributed by atoms with Gasteiger partial charge in [-0.1, -0.05) is 32.1 Å². The van der Waals surface area contributed by atoms with Crippen LogP contribution in [0.5, 0.6) is 0 Å². The fourth-order valence-corrected chi connectivity index (χ4v) is 3.92. The zero-order valence-electron chi connectivity index (χ0n) is 10.5. The molecule has 1 aliphatic rings. The second-order valence-corrected chi connectivity index (χ2v) is 6.98. The van der Waals surface area contributed by atoms with Gasteiger partial charge >= 0.3 is 0 Å². The van der Waals surface area contributed by atoms with Crippen LogP contribution in [0.3, 0.4) is 0 Å². The summed E-state index contributed by atoms with van der Waals surface area (Å²) in [6, 6.07) is 5.01. The van der Waals surface area contributed by atoms with Crippen molar-refractivity contribution >= 4 is 34.7 Å². The van der Waals surface area contributed by atoms with Crippen LogP contribution in [-0.4, -0.2) is 28.6 Å². The van der Waals surface area contributed by atoms with Crippen LogP contribution in [0, 0.1) is 5.82 Å². The van der Waals surface area contributed by atoms with Crippen molar-refractivity contribution < 1.29 is 4.39 Å². The number of halogens is 1. The zero-order chi connectivity index (χ0) is 13.3. The number of nitrogens with two attached hydrogens (primary N) is 1. The molecule has 0 radical (unpaired) electrons. The summed E-state index contributed by atoms with van der Waals surface area (Å²) in [5.41, 5.74) is 6.85. The molecule has 0 aromatic heterocycles. The van der Waals surface area contributed by atoms with E-state index in [1.807, 2.05) is 17.8 Å². The number of rotatable bonds is 2. The third-order valence-corrected chi connectivity index (χ3v) is 4.43. The van der Waals surface area contributed by atoms with E-state index in [0.29, 0.717) is 16.1 Å². The molecule has 1 aromatic carbocycles. The SMILES string of the molecule is CC1CN(c2cccc(F)c2C(N)=S)CC(C)S1. The summed E-state index contributed by atoms with van der Waals surface area (Å²) < 4.78 is 13.9. The lowest BCUT2D eigenvalue weighted by Gasteiger charge is -2.37. The number of nitrogens with zero attached hydrogens (tertiary/aromatic N) is 1. The molecule has 0 aliphatic carbocycles. The summed E-state index contributed by atoms with van der Waals surface area (Å²) in [6.07, 6.45) is 0. The molecular weight excluding hydrogens is 267 g/mol. The summed E-state index contributed by atoms with van der Waals surface area (Å²) in [5.74, 6) is -0.335. The highest BCUT2D eigenvalue weighted by atomic mass is 32.2. The van der Waals surface area contributed by atoms with E-state index in [1.165, 1.54) is 6.07 Å². The molecule has 2 nitrogen and oxygen atoms in total. The van der Waals surface area contributed by atoms with Gasteiger partial charge in [0, 0.05) is 29.3 Å². The fraction of sp³-hybridized carbons (Fsp3) is 0.462. The lowest BCUT2D eigenvalue weighted by molar-refractivity contribution is 0.622. The maximum Gasteiger partial charge on any atom is 0.135 e. The van der Waals surface area contributed by atoms with Crippen molar-refractivity contribution in [1.82, 2.24) is 0 Å². The van der Waals surface area contributed by atoms with E-state index in [1.54, 1.807) is 6.07 Å². The van der Waals surface area contributed by atoms with Gasteiger partial charge in [-0.25, -0.2) is 4.39 Å². The summed E-state index contributed by atoms with van der Waals surface area (Å²) in [6.45, 7) is 6.17. The molecule has 1 heterocycles. The molecule has 0 saturated carbocycles. The Morgan fingerprint density at radius 2 is 2.00 bits per heavy atom. The van der Waals surface area contributed by atoms with Crippen LogP contribution in [-0.2, 0) is 0 Å². The lowest BCUT2D eigenvalue weighted by Crippen LogP contribution is -2.41. The molecule has 1 saturated heterocycles. The van der Waals surface area contributed by atoms with E-state index in [0.717, 1.165) is 18.8 Å². The molecule has 1 aromatic rings. The van der Waals surface area contributed by atoms with Crippen LogP contribution < -0.4 is 10.6 Å². The third-order valence-electron chi connectivity index (χ3n) is 3.00. The molecule has 2 N–H and O–H groups in total. The molecule has 0 bridgehead atoms. The van der Waals surface area contributed by atoms with Gasteiger partial charge in [-0.2, -0.15) is 11.8 Å². The van der Waals surface area contributed by atoms with Crippen molar-refractivity contribution in [3.63, 3.8) is 0 Å². The topological polar surface area (TPSA) is 29.3 Å². The number of anilines is 1. The Morgan fingerprint density at radius 1 is 1.39 bits per heavy atom. The van der Waals surface area contributed by atoms with E-state index >= 15 is 0 Å². The van der Waals surface area contributed by atoms with E-state index < -0.39 is 0 Å². The predicted octanol–water partition coefficient (Wildman–Crippen LogP) is 2.79. The zero-order valence-corrected chi connectivity index (χ0v) is 12.2. The smallest absolute Gasteiger partial charge is 0.135 e. The summed E-state index contributed by atoms with van der Waals surface area (Å²) in [4.78, 5) is 2.31. The van der Waals surface area contributed by atoms with Crippen molar-refractivity contribution in [2.24, 2.45) is 5.73 Å². The Hall–Kier alpha value is -0.810. The van der Waals surface area contributed by atoms with Crippen molar-refractivity contribution in [1.29, 1.82) is 0 Å². The summed E-state index contributed by atoms with van der Waals surface area (Å²) >= 11 is 6.93. The maximum absolute atomic E-state index is 13.9. The molecule has 1 aliphatic heterocycles. The standard InChI is InChI=1S/C13H17FN2S2/c1-8-6-16(7-9(2)18-8)11-5-3-4-10(14)12(11)13(15)17/h3-5,8-9H,6-7H2,1-2H3,(H2,15,17). The first-order chi connectivity index (χ1) is 8.49. The first kappa shape index (κ1) is 13.6. The van der Waals surface area contributed by atoms with Crippen molar-refractivity contribution in [3.8, 4) is 0 Å². The van der Waals surface area contributed by atoms with Crippen LogP contribution in [0.1, 0.15) is 19.4 Å². The van der Waals surface area contributed by atoms with Gasteiger partial charge in [0.15, 0.2) is 0 Å². The highest BCUT2D eigenvalue weighted by molar-refractivity contribution is 8.00. The molecule has 2 rings (SSSR count). The number of thioether (sulfide) groups is 1. The minimum atomic E-state index is -0.335. The molecule has 0 spiro atoms. The number of benzene rings is 1. The van der Waals surface area contributed by atoms with Gasteiger partial charge in [0.1, 0.15) is 10.8 Å². The van der Waals surface area contributed by atoms with Crippen LogP contribution in [0.2, 0.25) is 0 Å². The first-order valence-corrected chi connectivity index (χ1v) is 7.33. The summed E-state index contributed by atoms with van der Waals surface area (Å²) in [5, 5.41) is 1.05. The van der Waals surface area contributed by atoms with Gasteiger partial charge in [0.2, 0.25) is 0 Å². The third kappa shape index (κ3) is 2.78. The Balaban J connectivity index is 2.38. The molecule has 0 amide bonds. The Kier molecular flexibility index (Phi) is 4.12. The molecule has 1 fully saturated rings. The minimum absolute atomic E-state index is 0.127. The van der Waals surface area contributed by atoms with Gasteiger partial charge in [-0.05, 0) is 12.1 Å². The van der Waals surface area contributed by atoms with E-state index in [4.69, 9.17) is 18.0 Å². The monoisotopic (exact) mass is 284 g/mol. The van der Waals surface area contributed by atoms with E-state index in [9.17, 15) is 4.39 Å². The Bertz CT molecular complexity index is 454. The number of hydrogen-bond acceptors (Lipinski definition) is 3. The van der Waals surface area contributed by atoms with E-state index in [-0.39, 0.29) is 10.8 Å². The lowest BCUT2D eigenvalue weighted by atomic mass is 10.1. The van der Waals surface area contributed by atoms with Crippen LogP contribution >= 0.6 is 24.0 Å². The van der Waals surface area contributed by atoms with Gasteiger partial charge < -0.3 is 10.6 Å². The van der Waals surface area contributed by atoms with Crippen molar-refractivity contribution in [3.05, 3.63) is 29.6 Å². The highest BCUT2D eigenvalue weighted by Gasteiger charge is 2.25. The minimum Gasteiger partial charge on any atom is -0.389 e. The predicted molar refractivity (Wildman–Crippen MR) is 81.0 cm³/mol.